The summed E-state index contributed by atoms with van der Waals surface area (Å²) in [5.74, 6) is -0.291. The fourth-order valence-corrected chi connectivity index (χ4v) is 0.823. The van der Waals surface area contributed by atoms with Gasteiger partial charge in [0.05, 0.1) is 6.61 Å². The van der Waals surface area contributed by atoms with Crippen LogP contribution in [0.25, 0.3) is 0 Å². The van der Waals surface area contributed by atoms with Crippen LogP contribution in [0.15, 0.2) is 36.5 Å². The van der Waals surface area contributed by atoms with Crippen LogP contribution in [0.3, 0.4) is 0 Å². The van der Waals surface area contributed by atoms with Crippen LogP contribution in [-0.2, 0) is 9.53 Å². The van der Waals surface area contributed by atoms with Gasteiger partial charge in [0, 0.05) is 6.08 Å². The van der Waals surface area contributed by atoms with Gasteiger partial charge in [0.2, 0.25) is 0 Å². The first-order chi connectivity index (χ1) is 6.81. The normalized spacial score (nSPS) is 11.9. The Morgan fingerprint density at radius 2 is 1.93 bits per heavy atom. The number of carbonyl (C=O) groups is 1. The smallest absolute Gasteiger partial charge is 0.330 e. The molecule has 0 aliphatic rings. The van der Waals surface area contributed by atoms with Crippen LogP contribution in [-0.4, -0.2) is 12.6 Å². The molecular formula is C12H18O2. The highest BCUT2D eigenvalue weighted by Gasteiger charge is 1.89. The molecule has 0 rings (SSSR count). The molecule has 2 nitrogen and oxygen atoms in total. The van der Waals surface area contributed by atoms with Gasteiger partial charge in [-0.3, -0.25) is 0 Å². The van der Waals surface area contributed by atoms with E-state index in [4.69, 9.17) is 4.74 Å². The average Bonchev–Trinajstić information content (AvgIpc) is 2.17. The lowest BCUT2D eigenvalue weighted by Crippen LogP contribution is -1.98. The van der Waals surface area contributed by atoms with E-state index in [1.54, 1.807) is 13.0 Å². The summed E-state index contributed by atoms with van der Waals surface area (Å²) in [6.45, 7) is 4.31. The SMILES string of the molecule is CCC=CCC=CC=CC(=O)OCC. The fraction of sp³-hybridized carbons (Fsp3) is 0.417. The van der Waals surface area contributed by atoms with Crippen molar-refractivity contribution in [1.82, 2.24) is 0 Å². The molecule has 0 unspecified atom stereocenters. The number of allylic oxidation sites excluding steroid dienone is 5. The molecular weight excluding hydrogens is 176 g/mol. The number of esters is 1. The molecule has 0 spiro atoms. The summed E-state index contributed by atoms with van der Waals surface area (Å²) in [4.78, 5) is 10.8. The van der Waals surface area contributed by atoms with Crippen LogP contribution in [0, 0.1) is 0 Å². The summed E-state index contributed by atoms with van der Waals surface area (Å²) in [7, 11) is 0. The minimum atomic E-state index is -0.291. The van der Waals surface area contributed by atoms with E-state index in [-0.39, 0.29) is 5.97 Å². The second kappa shape index (κ2) is 9.78. The lowest BCUT2D eigenvalue weighted by molar-refractivity contribution is -0.137. The third-order valence-corrected chi connectivity index (χ3v) is 1.44. The van der Waals surface area contributed by atoms with Crippen LogP contribution < -0.4 is 0 Å². The van der Waals surface area contributed by atoms with Crippen LogP contribution in [0.2, 0.25) is 0 Å². The van der Waals surface area contributed by atoms with Gasteiger partial charge < -0.3 is 4.74 Å². The van der Waals surface area contributed by atoms with Crippen molar-refractivity contribution >= 4 is 5.97 Å². The zero-order valence-corrected chi connectivity index (χ0v) is 8.90. The molecule has 0 saturated heterocycles. The first kappa shape index (κ1) is 12.7. The van der Waals surface area contributed by atoms with Crippen molar-refractivity contribution in [3.8, 4) is 0 Å². The van der Waals surface area contributed by atoms with Crippen LogP contribution in [0.5, 0.6) is 0 Å². The maximum absolute atomic E-state index is 10.8. The Hall–Kier alpha value is -1.31. The highest BCUT2D eigenvalue weighted by molar-refractivity contribution is 5.82. The molecule has 0 N–H and O–H groups in total. The van der Waals surface area contributed by atoms with Gasteiger partial charge in [-0.1, -0.05) is 37.3 Å². The van der Waals surface area contributed by atoms with E-state index in [1.807, 2.05) is 12.2 Å². The molecule has 0 amide bonds. The third-order valence-electron chi connectivity index (χ3n) is 1.44. The van der Waals surface area contributed by atoms with E-state index in [1.165, 1.54) is 6.08 Å². The lowest BCUT2D eigenvalue weighted by atomic mass is 10.3. The fourth-order valence-electron chi connectivity index (χ4n) is 0.823. The van der Waals surface area contributed by atoms with Crippen molar-refractivity contribution < 1.29 is 9.53 Å². The Labute approximate surface area is 86.0 Å². The molecule has 0 heterocycles. The van der Waals surface area contributed by atoms with E-state index < -0.39 is 0 Å². The molecule has 0 aliphatic carbocycles. The molecule has 0 fully saturated rings. The summed E-state index contributed by atoms with van der Waals surface area (Å²) in [5.41, 5.74) is 0. The number of hydrogen-bond donors (Lipinski definition) is 0. The van der Waals surface area contributed by atoms with E-state index in [0.29, 0.717) is 6.61 Å². The molecule has 78 valence electrons. The first-order valence-corrected chi connectivity index (χ1v) is 4.96. The Morgan fingerprint density at radius 3 is 2.57 bits per heavy atom. The maximum atomic E-state index is 10.8. The van der Waals surface area contributed by atoms with Crippen LogP contribution >= 0.6 is 0 Å². The Bertz CT molecular complexity index is 224. The first-order valence-electron chi connectivity index (χ1n) is 4.96. The molecule has 0 aromatic carbocycles. The highest BCUT2D eigenvalue weighted by atomic mass is 16.5. The topological polar surface area (TPSA) is 26.3 Å². The van der Waals surface area contributed by atoms with E-state index >= 15 is 0 Å². The zero-order chi connectivity index (χ0) is 10.6. The van der Waals surface area contributed by atoms with Crippen molar-refractivity contribution in [1.29, 1.82) is 0 Å². The molecule has 0 saturated carbocycles. The lowest BCUT2D eigenvalue weighted by Gasteiger charge is -1.92. The molecule has 0 bridgehead atoms. The summed E-state index contributed by atoms with van der Waals surface area (Å²) in [5, 5.41) is 0. The van der Waals surface area contributed by atoms with Gasteiger partial charge in [0.25, 0.3) is 0 Å². The summed E-state index contributed by atoms with van der Waals surface area (Å²) in [6.07, 6.45) is 13.1. The van der Waals surface area contributed by atoms with Crippen LogP contribution in [0.1, 0.15) is 26.7 Å². The van der Waals surface area contributed by atoms with Crippen molar-refractivity contribution in [3.63, 3.8) is 0 Å². The van der Waals surface area contributed by atoms with Gasteiger partial charge in [-0.05, 0) is 19.8 Å². The maximum Gasteiger partial charge on any atom is 0.330 e. The number of rotatable bonds is 6. The van der Waals surface area contributed by atoms with Crippen LogP contribution in [0.4, 0.5) is 0 Å². The number of ether oxygens (including phenoxy) is 1. The summed E-state index contributed by atoms with van der Waals surface area (Å²) < 4.78 is 4.71. The predicted molar refractivity (Wildman–Crippen MR) is 59.0 cm³/mol. The summed E-state index contributed by atoms with van der Waals surface area (Å²) >= 11 is 0. The highest BCUT2D eigenvalue weighted by Crippen LogP contribution is 1.89. The largest absolute Gasteiger partial charge is 0.463 e. The third kappa shape index (κ3) is 8.78. The van der Waals surface area contributed by atoms with E-state index in [0.717, 1.165) is 12.8 Å². The van der Waals surface area contributed by atoms with Crippen molar-refractivity contribution in [2.75, 3.05) is 6.61 Å². The van der Waals surface area contributed by atoms with Gasteiger partial charge in [-0.15, -0.1) is 0 Å². The predicted octanol–water partition coefficient (Wildman–Crippen LogP) is 3.02. The second-order valence-corrected chi connectivity index (χ2v) is 2.65. The van der Waals surface area contributed by atoms with Crippen molar-refractivity contribution in [2.24, 2.45) is 0 Å². The van der Waals surface area contributed by atoms with Crippen molar-refractivity contribution in [2.45, 2.75) is 26.7 Å². The Balaban J connectivity index is 3.59. The Morgan fingerprint density at radius 1 is 1.14 bits per heavy atom. The standard InChI is InChI=1S/C12H18O2/c1-3-5-6-7-8-9-10-11-12(13)14-4-2/h5-6,8-11H,3-4,7H2,1-2H3. The van der Waals surface area contributed by atoms with Gasteiger partial charge >= 0.3 is 5.97 Å². The molecule has 0 atom stereocenters. The zero-order valence-electron chi connectivity index (χ0n) is 8.90. The number of hydrogen-bond acceptors (Lipinski definition) is 2. The molecule has 0 aromatic rings. The minimum Gasteiger partial charge on any atom is -0.463 e. The molecule has 0 radical (unpaired) electrons. The minimum absolute atomic E-state index is 0.291. The average molecular weight is 194 g/mol. The summed E-state index contributed by atoms with van der Waals surface area (Å²) in [6, 6.07) is 0. The number of carbonyl (C=O) groups excluding carboxylic acids is 1. The van der Waals surface area contributed by atoms with E-state index in [2.05, 4.69) is 19.1 Å². The van der Waals surface area contributed by atoms with Gasteiger partial charge in [-0.2, -0.15) is 0 Å². The second-order valence-electron chi connectivity index (χ2n) is 2.65. The Kier molecular flexibility index (Phi) is 8.86. The van der Waals surface area contributed by atoms with E-state index in [9.17, 15) is 4.79 Å². The molecule has 2 heteroatoms. The van der Waals surface area contributed by atoms with Crippen molar-refractivity contribution in [3.05, 3.63) is 36.5 Å². The molecule has 0 aliphatic heterocycles. The van der Waals surface area contributed by atoms with Gasteiger partial charge in [-0.25, -0.2) is 4.79 Å². The molecule has 14 heavy (non-hydrogen) atoms. The quantitative estimate of drug-likeness (QED) is 0.281. The van der Waals surface area contributed by atoms with Gasteiger partial charge in [0.15, 0.2) is 0 Å². The molecule has 0 aromatic heterocycles. The monoisotopic (exact) mass is 194 g/mol. The van der Waals surface area contributed by atoms with Gasteiger partial charge in [0.1, 0.15) is 0 Å².